The van der Waals surface area contributed by atoms with Crippen LogP contribution in [0.2, 0.25) is 0 Å². The standard InChI is InChI=1S/C20H21N/c1-3-9-15(4-2)18-14-16-10-5-6-11-17(16)20(18)19-12-7-8-13-21-19/h5-13H,3-4,14H2,1-2H3/b15-9+. The molecule has 0 aliphatic heterocycles. The Labute approximate surface area is 127 Å². The largest absolute Gasteiger partial charge is 0.256 e. The van der Waals surface area contributed by atoms with Crippen LogP contribution in [0.25, 0.3) is 5.57 Å². The maximum Gasteiger partial charge on any atom is 0.0711 e. The minimum atomic E-state index is 1.03. The number of fused-ring (bicyclic) bond motifs is 1. The van der Waals surface area contributed by atoms with Crippen molar-refractivity contribution in [3.05, 3.63) is 82.7 Å². The Hall–Kier alpha value is -2.15. The van der Waals surface area contributed by atoms with Gasteiger partial charge < -0.3 is 0 Å². The number of hydrogen-bond acceptors (Lipinski definition) is 1. The second-order valence-electron chi connectivity index (χ2n) is 5.39. The summed E-state index contributed by atoms with van der Waals surface area (Å²) in [5.74, 6) is 0. The maximum absolute atomic E-state index is 4.60. The lowest BCUT2D eigenvalue weighted by Crippen LogP contribution is -1.94. The fourth-order valence-electron chi connectivity index (χ4n) is 3.16. The molecule has 1 aliphatic rings. The topological polar surface area (TPSA) is 12.9 Å². The van der Waals surface area contributed by atoms with Gasteiger partial charge in [-0.25, -0.2) is 0 Å². The summed E-state index contributed by atoms with van der Waals surface area (Å²) in [5, 5.41) is 0. The van der Waals surface area contributed by atoms with E-state index in [9.17, 15) is 0 Å². The van der Waals surface area contributed by atoms with E-state index < -0.39 is 0 Å². The molecule has 1 nitrogen and oxygen atoms in total. The Bertz CT molecular complexity index is 693. The first-order valence-electron chi connectivity index (χ1n) is 7.77. The monoisotopic (exact) mass is 275 g/mol. The number of allylic oxidation sites excluding steroid dienone is 3. The molecule has 0 saturated carbocycles. The van der Waals surface area contributed by atoms with E-state index >= 15 is 0 Å². The highest BCUT2D eigenvalue weighted by Crippen LogP contribution is 2.40. The molecule has 0 fully saturated rings. The molecule has 1 heteroatoms. The predicted octanol–water partition coefficient (Wildman–Crippen LogP) is 5.19. The van der Waals surface area contributed by atoms with Crippen molar-refractivity contribution in [3.8, 4) is 0 Å². The molecule has 3 rings (SSSR count). The second kappa shape index (κ2) is 6.09. The zero-order valence-electron chi connectivity index (χ0n) is 12.8. The van der Waals surface area contributed by atoms with Crippen LogP contribution in [0.15, 0.2) is 65.9 Å². The van der Waals surface area contributed by atoms with Gasteiger partial charge >= 0.3 is 0 Å². The van der Waals surface area contributed by atoms with E-state index in [0.29, 0.717) is 0 Å². The molecule has 1 aliphatic carbocycles. The number of rotatable bonds is 4. The summed E-state index contributed by atoms with van der Waals surface area (Å²) in [6, 6.07) is 14.9. The number of pyridine rings is 1. The highest BCUT2D eigenvalue weighted by Gasteiger charge is 2.24. The van der Waals surface area contributed by atoms with E-state index in [4.69, 9.17) is 0 Å². The minimum Gasteiger partial charge on any atom is -0.256 e. The van der Waals surface area contributed by atoms with E-state index in [1.54, 1.807) is 0 Å². The summed E-state index contributed by atoms with van der Waals surface area (Å²) >= 11 is 0. The zero-order chi connectivity index (χ0) is 14.7. The predicted molar refractivity (Wildman–Crippen MR) is 89.1 cm³/mol. The molecule has 21 heavy (non-hydrogen) atoms. The van der Waals surface area contributed by atoms with Gasteiger partial charge in [-0.15, -0.1) is 0 Å². The third-order valence-corrected chi connectivity index (χ3v) is 4.10. The third kappa shape index (κ3) is 2.56. The Morgan fingerprint density at radius 3 is 2.62 bits per heavy atom. The van der Waals surface area contributed by atoms with Gasteiger partial charge in [-0.1, -0.05) is 50.3 Å². The normalized spacial score (nSPS) is 14.5. The molecule has 0 unspecified atom stereocenters. The number of aromatic nitrogens is 1. The Balaban J connectivity index is 2.20. The first-order valence-corrected chi connectivity index (χ1v) is 7.77. The van der Waals surface area contributed by atoms with Crippen molar-refractivity contribution in [2.75, 3.05) is 0 Å². The van der Waals surface area contributed by atoms with Crippen molar-refractivity contribution in [2.45, 2.75) is 33.1 Å². The number of nitrogens with zero attached hydrogens (tertiary/aromatic N) is 1. The zero-order valence-corrected chi connectivity index (χ0v) is 12.8. The maximum atomic E-state index is 4.60. The van der Waals surface area contributed by atoms with Crippen LogP contribution in [0.5, 0.6) is 0 Å². The van der Waals surface area contributed by atoms with E-state index in [2.05, 4.69) is 61.3 Å². The van der Waals surface area contributed by atoms with Crippen molar-refractivity contribution >= 4 is 5.57 Å². The summed E-state index contributed by atoms with van der Waals surface area (Å²) in [6.07, 6.45) is 7.44. The van der Waals surface area contributed by atoms with Gasteiger partial charge in [0.2, 0.25) is 0 Å². The van der Waals surface area contributed by atoms with Crippen LogP contribution >= 0.6 is 0 Å². The lowest BCUT2D eigenvalue weighted by atomic mass is 9.95. The molecular formula is C20H21N. The summed E-state index contributed by atoms with van der Waals surface area (Å²) in [5.41, 5.74) is 8.11. The molecule has 106 valence electrons. The summed E-state index contributed by atoms with van der Waals surface area (Å²) in [6.45, 7) is 4.45. The van der Waals surface area contributed by atoms with E-state index in [1.165, 1.54) is 27.8 Å². The quantitative estimate of drug-likeness (QED) is 0.748. The molecule has 0 amide bonds. The number of benzene rings is 1. The lowest BCUT2D eigenvalue weighted by Gasteiger charge is -2.11. The van der Waals surface area contributed by atoms with Crippen LogP contribution in [-0.4, -0.2) is 4.98 Å². The van der Waals surface area contributed by atoms with Gasteiger partial charge in [0.25, 0.3) is 0 Å². The van der Waals surface area contributed by atoms with Crippen molar-refractivity contribution < 1.29 is 0 Å². The first-order chi connectivity index (χ1) is 10.3. The van der Waals surface area contributed by atoms with Gasteiger partial charge in [0, 0.05) is 11.8 Å². The SMILES string of the molecule is CC/C=C(\CC)C1=C(c2ccccn2)c2ccccc2C1. The first kappa shape index (κ1) is 13.8. The van der Waals surface area contributed by atoms with Gasteiger partial charge in [0.05, 0.1) is 5.69 Å². The van der Waals surface area contributed by atoms with Crippen LogP contribution in [0, 0.1) is 0 Å². The third-order valence-electron chi connectivity index (χ3n) is 4.10. The van der Waals surface area contributed by atoms with Gasteiger partial charge in [-0.3, -0.25) is 4.98 Å². The van der Waals surface area contributed by atoms with Crippen LogP contribution in [0.1, 0.15) is 43.5 Å². The molecule has 0 spiro atoms. The van der Waals surface area contributed by atoms with Crippen molar-refractivity contribution in [1.82, 2.24) is 4.98 Å². The van der Waals surface area contributed by atoms with Crippen molar-refractivity contribution in [2.24, 2.45) is 0 Å². The molecule has 0 atom stereocenters. The van der Waals surface area contributed by atoms with Crippen LogP contribution in [0.4, 0.5) is 0 Å². The molecular weight excluding hydrogens is 254 g/mol. The Morgan fingerprint density at radius 2 is 1.90 bits per heavy atom. The van der Waals surface area contributed by atoms with Crippen molar-refractivity contribution in [3.63, 3.8) is 0 Å². The van der Waals surface area contributed by atoms with Crippen LogP contribution in [-0.2, 0) is 6.42 Å². The molecule has 1 aromatic heterocycles. The fourth-order valence-corrected chi connectivity index (χ4v) is 3.16. The highest BCUT2D eigenvalue weighted by atomic mass is 14.7. The van der Waals surface area contributed by atoms with Crippen LogP contribution in [0.3, 0.4) is 0 Å². The molecule has 1 heterocycles. The van der Waals surface area contributed by atoms with E-state index in [1.807, 2.05) is 12.3 Å². The molecule has 0 radical (unpaired) electrons. The Kier molecular flexibility index (Phi) is 4.01. The van der Waals surface area contributed by atoms with Gasteiger partial charge in [0.1, 0.15) is 0 Å². The molecule has 0 N–H and O–H groups in total. The molecule has 0 bridgehead atoms. The molecule has 2 aromatic rings. The average Bonchev–Trinajstić information content (AvgIpc) is 2.92. The summed E-state index contributed by atoms with van der Waals surface area (Å²) < 4.78 is 0. The summed E-state index contributed by atoms with van der Waals surface area (Å²) in [4.78, 5) is 4.60. The molecule has 1 aromatic carbocycles. The van der Waals surface area contributed by atoms with Crippen LogP contribution < -0.4 is 0 Å². The second-order valence-corrected chi connectivity index (χ2v) is 5.39. The van der Waals surface area contributed by atoms with Crippen molar-refractivity contribution in [1.29, 1.82) is 0 Å². The Morgan fingerprint density at radius 1 is 1.10 bits per heavy atom. The fraction of sp³-hybridized carbons (Fsp3) is 0.250. The molecule has 0 saturated heterocycles. The lowest BCUT2D eigenvalue weighted by molar-refractivity contribution is 1.04. The highest BCUT2D eigenvalue weighted by molar-refractivity contribution is 5.88. The van der Waals surface area contributed by atoms with E-state index in [-0.39, 0.29) is 0 Å². The van der Waals surface area contributed by atoms with Gasteiger partial charge in [-0.2, -0.15) is 0 Å². The van der Waals surface area contributed by atoms with Gasteiger partial charge in [-0.05, 0) is 53.7 Å². The minimum absolute atomic E-state index is 1.03. The smallest absolute Gasteiger partial charge is 0.0711 e. The average molecular weight is 275 g/mol. The number of hydrogen-bond donors (Lipinski definition) is 0. The summed E-state index contributed by atoms with van der Waals surface area (Å²) in [7, 11) is 0. The van der Waals surface area contributed by atoms with Gasteiger partial charge in [0.15, 0.2) is 0 Å². The van der Waals surface area contributed by atoms with E-state index in [0.717, 1.165) is 25.0 Å².